The lowest BCUT2D eigenvalue weighted by atomic mass is 9.96. The minimum absolute atomic E-state index is 0.0371. The number of non-ortho nitro benzene ring substituents is 1. The number of hydrogen-bond donors (Lipinski definition) is 1. The Morgan fingerprint density at radius 3 is 2.42 bits per heavy atom. The van der Waals surface area contributed by atoms with Gasteiger partial charge in [-0.25, -0.2) is 0 Å². The Labute approximate surface area is 152 Å². The van der Waals surface area contributed by atoms with Crippen LogP contribution in [0.2, 0.25) is 0 Å². The predicted octanol–water partition coefficient (Wildman–Crippen LogP) is 2.57. The van der Waals surface area contributed by atoms with Gasteiger partial charge in [-0.05, 0) is 36.5 Å². The maximum Gasteiger partial charge on any atom is 0.269 e. The van der Waals surface area contributed by atoms with Gasteiger partial charge in [-0.15, -0.1) is 0 Å². The van der Waals surface area contributed by atoms with Gasteiger partial charge < -0.3 is 10.2 Å². The minimum Gasteiger partial charge on any atom is -0.371 e. The van der Waals surface area contributed by atoms with Crippen molar-refractivity contribution < 1.29 is 9.72 Å². The second-order valence-electron chi connectivity index (χ2n) is 6.54. The van der Waals surface area contributed by atoms with Crippen LogP contribution in [0.4, 0.5) is 11.4 Å². The van der Waals surface area contributed by atoms with Crippen molar-refractivity contribution in [3.05, 3.63) is 64.5 Å². The average Bonchev–Trinajstić information content (AvgIpc) is 2.68. The quantitative estimate of drug-likeness (QED) is 0.636. The number of hydrogen-bond acceptors (Lipinski definition) is 5. The summed E-state index contributed by atoms with van der Waals surface area (Å²) >= 11 is 0. The van der Waals surface area contributed by atoms with E-state index in [9.17, 15) is 14.9 Å². The second kappa shape index (κ2) is 8.42. The van der Waals surface area contributed by atoms with E-state index in [2.05, 4.69) is 15.2 Å². The van der Waals surface area contributed by atoms with E-state index in [0.717, 1.165) is 31.5 Å². The number of nitro benzene ring substituents is 1. The molecule has 1 amide bonds. The van der Waals surface area contributed by atoms with Gasteiger partial charge in [0.15, 0.2) is 0 Å². The van der Waals surface area contributed by atoms with Gasteiger partial charge in [-0.3, -0.25) is 19.9 Å². The number of carbonyl (C=O) groups is 1. The average molecular weight is 354 g/mol. The summed E-state index contributed by atoms with van der Waals surface area (Å²) in [6, 6.07) is 10.2. The summed E-state index contributed by atoms with van der Waals surface area (Å²) in [7, 11) is 0. The highest BCUT2D eigenvalue weighted by Crippen LogP contribution is 2.22. The number of amides is 1. The lowest BCUT2D eigenvalue weighted by molar-refractivity contribution is -0.384. The number of piperidine rings is 1. The number of carbonyl (C=O) groups excluding carboxylic acids is 1. The number of nitrogens with zero attached hydrogens (tertiary/aromatic N) is 3. The van der Waals surface area contributed by atoms with Crippen LogP contribution >= 0.6 is 0 Å². The third-order valence-electron chi connectivity index (χ3n) is 4.74. The van der Waals surface area contributed by atoms with E-state index in [0.29, 0.717) is 12.5 Å². The molecule has 0 saturated carbocycles. The summed E-state index contributed by atoms with van der Waals surface area (Å²) in [4.78, 5) is 28.7. The van der Waals surface area contributed by atoms with Gasteiger partial charge in [0.25, 0.3) is 5.69 Å². The van der Waals surface area contributed by atoms with Gasteiger partial charge in [-0.1, -0.05) is 12.1 Å². The minimum atomic E-state index is -0.442. The van der Waals surface area contributed by atoms with E-state index in [1.54, 1.807) is 24.5 Å². The lowest BCUT2D eigenvalue weighted by Crippen LogP contribution is -2.39. The number of nitro groups is 1. The summed E-state index contributed by atoms with van der Waals surface area (Å²) < 4.78 is 0. The molecule has 1 N–H and O–H groups in total. The summed E-state index contributed by atoms with van der Waals surface area (Å²) in [5.74, 6) is 0.435. The third-order valence-corrected chi connectivity index (χ3v) is 4.74. The first-order valence-electron chi connectivity index (χ1n) is 8.77. The van der Waals surface area contributed by atoms with E-state index in [4.69, 9.17) is 0 Å². The normalized spacial score (nSPS) is 14.8. The highest BCUT2D eigenvalue weighted by atomic mass is 16.6. The Morgan fingerprint density at radius 1 is 1.15 bits per heavy atom. The van der Waals surface area contributed by atoms with Crippen LogP contribution in [0.3, 0.4) is 0 Å². The highest BCUT2D eigenvalue weighted by molar-refractivity contribution is 5.78. The molecule has 1 aliphatic heterocycles. The molecular weight excluding hydrogens is 332 g/mol. The van der Waals surface area contributed by atoms with Crippen LogP contribution in [0.25, 0.3) is 0 Å². The maximum absolute atomic E-state index is 12.1. The first-order valence-corrected chi connectivity index (χ1v) is 8.77. The van der Waals surface area contributed by atoms with Crippen molar-refractivity contribution in [2.75, 3.05) is 24.5 Å². The number of nitrogens with one attached hydrogen (secondary N) is 1. The van der Waals surface area contributed by atoms with E-state index in [1.165, 1.54) is 17.8 Å². The topological polar surface area (TPSA) is 88.4 Å². The zero-order chi connectivity index (χ0) is 18.4. The third kappa shape index (κ3) is 4.78. The van der Waals surface area contributed by atoms with Crippen molar-refractivity contribution in [3.63, 3.8) is 0 Å². The number of pyridine rings is 1. The number of anilines is 1. The van der Waals surface area contributed by atoms with Gasteiger partial charge in [0.05, 0.1) is 11.3 Å². The van der Waals surface area contributed by atoms with E-state index >= 15 is 0 Å². The first kappa shape index (κ1) is 17.8. The van der Waals surface area contributed by atoms with Crippen molar-refractivity contribution in [1.82, 2.24) is 10.3 Å². The molecule has 7 nitrogen and oxygen atoms in total. The van der Waals surface area contributed by atoms with Crippen LogP contribution in [-0.2, 0) is 11.2 Å². The van der Waals surface area contributed by atoms with Crippen LogP contribution in [0, 0.1) is 16.0 Å². The Hall–Kier alpha value is -2.96. The number of benzene rings is 1. The zero-order valence-electron chi connectivity index (χ0n) is 14.5. The van der Waals surface area contributed by atoms with Crippen LogP contribution < -0.4 is 10.2 Å². The van der Waals surface area contributed by atoms with Crippen LogP contribution in [0.1, 0.15) is 18.4 Å². The van der Waals surface area contributed by atoms with Gasteiger partial charge >= 0.3 is 0 Å². The molecular formula is C19H22N4O3. The molecule has 136 valence electrons. The number of rotatable bonds is 6. The molecule has 0 radical (unpaired) electrons. The number of aromatic nitrogens is 1. The molecule has 0 aliphatic carbocycles. The monoisotopic (exact) mass is 354 g/mol. The molecule has 2 heterocycles. The van der Waals surface area contributed by atoms with Crippen molar-refractivity contribution >= 4 is 17.3 Å². The second-order valence-corrected chi connectivity index (χ2v) is 6.54. The maximum atomic E-state index is 12.1. The van der Waals surface area contributed by atoms with E-state index in [-0.39, 0.29) is 18.0 Å². The fourth-order valence-electron chi connectivity index (χ4n) is 3.19. The standard InChI is InChI=1S/C19H22N4O3/c24-19(13-15-1-3-18(4-2-15)23(25)26)21-14-16-7-11-22(12-8-16)17-5-9-20-10-6-17/h1-6,9-10,16H,7-8,11-14H2,(H,21,24). The van der Waals surface area contributed by atoms with Crippen molar-refractivity contribution in [2.24, 2.45) is 5.92 Å². The van der Waals surface area contributed by atoms with Gasteiger partial charge in [0.2, 0.25) is 5.91 Å². The Morgan fingerprint density at radius 2 is 1.81 bits per heavy atom. The van der Waals surface area contributed by atoms with Crippen LogP contribution in [0.5, 0.6) is 0 Å². The SMILES string of the molecule is O=C(Cc1ccc([N+](=O)[O-])cc1)NCC1CCN(c2ccncc2)CC1. The Balaban J connectivity index is 1.40. The zero-order valence-corrected chi connectivity index (χ0v) is 14.5. The molecule has 0 bridgehead atoms. The fourth-order valence-corrected chi connectivity index (χ4v) is 3.19. The van der Waals surface area contributed by atoms with Gasteiger partial charge in [0, 0.05) is 49.8 Å². The van der Waals surface area contributed by atoms with E-state index in [1.807, 2.05) is 12.1 Å². The smallest absolute Gasteiger partial charge is 0.269 e. The summed E-state index contributed by atoms with van der Waals surface area (Å²) in [6.45, 7) is 2.63. The molecule has 1 saturated heterocycles. The van der Waals surface area contributed by atoms with Crippen molar-refractivity contribution in [2.45, 2.75) is 19.3 Å². The highest BCUT2D eigenvalue weighted by Gasteiger charge is 2.20. The lowest BCUT2D eigenvalue weighted by Gasteiger charge is -2.33. The van der Waals surface area contributed by atoms with Gasteiger partial charge in [-0.2, -0.15) is 0 Å². The Bertz CT molecular complexity index is 741. The molecule has 7 heteroatoms. The fraction of sp³-hybridized carbons (Fsp3) is 0.368. The molecule has 3 rings (SSSR count). The molecule has 0 spiro atoms. The van der Waals surface area contributed by atoms with Crippen molar-refractivity contribution in [3.8, 4) is 0 Å². The summed E-state index contributed by atoms with van der Waals surface area (Å²) in [5, 5.41) is 13.6. The van der Waals surface area contributed by atoms with Crippen LogP contribution in [0.15, 0.2) is 48.8 Å². The summed E-state index contributed by atoms with van der Waals surface area (Å²) in [5.41, 5.74) is 2.01. The summed E-state index contributed by atoms with van der Waals surface area (Å²) in [6.07, 6.45) is 5.94. The molecule has 1 aromatic heterocycles. The first-order chi connectivity index (χ1) is 12.6. The molecule has 2 aromatic rings. The molecule has 0 unspecified atom stereocenters. The molecule has 0 atom stereocenters. The van der Waals surface area contributed by atoms with Crippen molar-refractivity contribution in [1.29, 1.82) is 0 Å². The molecule has 26 heavy (non-hydrogen) atoms. The van der Waals surface area contributed by atoms with Gasteiger partial charge in [0.1, 0.15) is 0 Å². The van der Waals surface area contributed by atoms with E-state index < -0.39 is 4.92 Å². The largest absolute Gasteiger partial charge is 0.371 e. The predicted molar refractivity (Wildman–Crippen MR) is 99.0 cm³/mol. The van der Waals surface area contributed by atoms with Crippen LogP contribution in [-0.4, -0.2) is 35.4 Å². The molecule has 1 aliphatic rings. The Kier molecular flexibility index (Phi) is 5.78. The molecule has 1 fully saturated rings. The molecule has 1 aromatic carbocycles.